The van der Waals surface area contributed by atoms with Crippen LogP contribution in [0.5, 0.6) is 0 Å². The highest BCUT2D eigenvalue weighted by Gasteiger charge is 2.16. The largest absolute Gasteiger partial charge is 0.398 e. The van der Waals surface area contributed by atoms with Gasteiger partial charge in [-0.25, -0.2) is 13.4 Å². The average Bonchev–Trinajstić information content (AvgIpc) is 2.37. The summed E-state index contributed by atoms with van der Waals surface area (Å²) >= 11 is 5.91. The molecule has 7 heteroatoms. The first-order chi connectivity index (χ1) is 9.39. The van der Waals surface area contributed by atoms with Crippen LogP contribution in [0.2, 0.25) is 5.15 Å². The molecular formula is C13H14ClN3O2S. The van der Waals surface area contributed by atoms with E-state index in [1.807, 2.05) is 0 Å². The zero-order chi connectivity index (χ0) is 14.8. The van der Waals surface area contributed by atoms with E-state index in [-0.39, 0.29) is 10.9 Å². The fourth-order valence-electron chi connectivity index (χ4n) is 1.71. The molecule has 1 heterocycles. The first-order valence-corrected chi connectivity index (χ1v) is 7.87. The van der Waals surface area contributed by atoms with Crippen LogP contribution in [-0.4, -0.2) is 13.4 Å². The third-order valence-corrected chi connectivity index (χ3v) is 4.26. The number of nitrogens with two attached hydrogens (primary N) is 1. The molecule has 3 N–H and O–H groups in total. The number of nitrogen functional groups attached to an aromatic ring is 1. The van der Waals surface area contributed by atoms with Crippen LogP contribution in [0.3, 0.4) is 0 Å². The van der Waals surface area contributed by atoms with Gasteiger partial charge in [0.2, 0.25) is 10.0 Å². The van der Waals surface area contributed by atoms with E-state index in [1.54, 1.807) is 37.3 Å². The monoisotopic (exact) mass is 311 g/mol. The lowest BCUT2D eigenvalue weighted by Gasteiger charge is -2.12. The molecule has 0 bridgehead atoms. The van der Waals surface area contributed by atoms with Crippen molar-refractivity contribution < 1.29 is 8.42 Å². The molecule has 0 aliphatic rings. The van der Waals surface area contributed by atoms with Gasteiger partial charge in [-0.05, 0) is 30.2 Å². The normalized spacial score (nSPS) is 11.3. The minimum Gasteiger partial charge on any atom is -0.398 e. The van der Waals surface area contributed by atoms with Gasteiger partial charge in [-0.3, -0.25) is 4.72 Å². The summed E-state index contributed by atoms with van der Waals surface area (Å²) in [7, 11) is -3.61. The van der Waals surface area contributed by atoms with Gasteiger partial charge < -0.3 is 5.73 Å². The maximum Gasteiger partial charge on any atom is 0.237 e. The number of hydrogen-bond acceptors (Lipinski definition) is 4. The van der Waals surface area contributed by atoms with Gasteiger partial charge in [-0.2, -0.15) is 0 Å². The van der Waals surface area contributed by atoms with E-state index in [1.165, 1.54) is 6.20 Å². The van der Waals surface area contributed by atoms with E-state index in [2.05, 4.69) is 9.71 Å². The molecule has 0 unspecified atom stereocenters. The number of halogens is 1. The van der Waals surface area contributed by atoms with Gasteiger partial charge in [-0.1, -0.05) is 29.8 Å². The van der Waals surface area contributed by atoms with Crippen LogP contribution in [0.25, 0.3) is 0 Å². The average molecular weight is 312 g/mol. The van der Waals surface area contributed by atoms with Crippen LogP contribution >= 0.6 is 11.6 Å². The molecule has 0 amide bonds. The van der Waals surface area contributed by atoms with Crippen LogP contribution in [0.4, 0.5) is 11.4 Å². The second-order valence-electron chi connectivity index (χ2n) is 4.35. The Morgan fingerprint density at radius 3 is 2.65 bits per heavy atom. The summed E-state index contributed by atoms with van der Waals surface area (Å²) in [6.45, 7) is 1.75. The fraction of sp³-hybridized carbons (Fsp3) is 0.154. The zero-order valence-electron chi connectivity index (χ0n) is 10.8. The molecule has 1 aromatic heterocycles. The number of pyridine rings is 1. The number of nitrogens with zero attached hydrogens (tertiary/aromatic N) is 1. The van der Waals surface area contributed by atoms with Crippen molar-refractivity contribution in [1.82, 2.24) is 4.98 Å². The highest BCUT2D eigenvalue weighted by atomic mass is 35.5. The Labute approximate surface area is 122 Å². The predicted octanol–water partition coefficient (Wildman–Crippen LogP) is 2.57. The molecule has 2 rings (SSSR count). The van der Waals surface area contributed by atoms with Crippen molar-refractivity contribution in [2.75, 3.05) is 10.5 Å². The molecule has 0 atom stereocenters. The second kappa shape index (κ2) is 5.68. The van der Waals surface area contributed by atoms with Crippen molar-refractivity contribution in [1.29, 1.82) is 0 Å². The maximum atomic E-state index is 12.2. The number of sulfonamides is 1. The highest BCUT2D eigenvalue weighted by molar-refractivity contribution is 7.91. The Balaban J connectivity index is 2.27. The molecule has 0 radical (unpaired) electrons. The summed E-state index contributed by atoms with van der Waals surface area (Å²) in [5.41, 5.74) is 7.73. The van der Waals surface area contributed by atoms with Crippen LogP contribution in [0.1, 0.15) is 11.1 Å². The van der Waals surface area contributed by atoms with Crippen molar-refractivity contribution in [3.05, 3.63) is 52.8 Å². The van der Waals surface area contributed by atoms with Gasteiger partial charge in [0.25, 0.3) is 0 Å². The quantitative estimate of drug-likeness (QED) is 0.671. The van der Waals surface area contributed by atoms with Crippen LogP contribution < -0.4 is 10.5 Å². The second-order valence-corrected chi connectivity index (χ2v) is 6.43. The van der Waals surface area contributed by atoms with Crippen molar-refractivity contribution in [3.8, 4) is 0 Å². The lowest BCUT2D eigenvalue weighted by molar-refractivity contribution is 0.600. The van der Waals surface area contributed by atoms with Crippen molar-refractivity contribution >= 4 is 33.0 Å². The summed E-state index contributed by atoms with van der Waals surface area (Å²) in [6.07, 6.45) is 1.52. The number of hydrogen-bond donors (Lipinski definition) is 2. The molecule has 0 fully saturated rings. The number of rotatable bonds is 4. The number of aromatic nitrogens is 1. The lowest BCUT2D eigenvalue weighted by Crippen LogP contribution is -2.17. The molecule has 0 saturated heterocycles. The van der Waals surface area contributed by atoms with E-state index in [0.717, 1.165) is 0 Å². The minimum atomic E-state index is -3.61. The molecule has 1 aromatic carbocycles. The molecule has 0 aliphatic heterocycles. The standard InChI is InChI=1S/C13H14ClN3O2S/c1-9-6-7-16-13(14)12(9)17-20(18,19)8-10-4-2-3-5-11(10)15/h2-7,17H,8,15H2,1H3. The maximum absolute atomic E-state index is 12.2. The zero-order valence-corrected chi connectivity index (χ0v) is 12.4. The first-order valence-electron chi connectivity index (χ1n) is 5.84. The summed E-state index contributed by atoms with van der Waals surface area (Å²) in [5.74, 6) is -0.218. The highest BCUT2D eigenvalue weighted by Crippen LogP contribution is 2.25. The van der Waals surface area contributed by atoms with Gasteiger partial charge in [0.05, 0.1) is 11.4 Å². The number of benzene rings is 1. The van der Waals surface area contributed by atoms with Gasteiger partial charge in [0.15, 0.2) is 5.15 Å². The summed E-state index contributed by atoms with van der Waals surface area (Å²) in [5, 5.41) is 0.120. The van der Waals surface area contributed by atoms with Crippen LogP contribution in [-0.2, 0) is 15.8 Å². The van der Waals surface area contributed by atoms with Gasteiger partial charge in [-0.15, -0.1) is 0 Å². The SMILES string of the molecule is Cc1ccnc(Cl)c1NS(=O)(=O)Cc1ccccc1N. The molecule has 0 spiro atoms. The van der Waals surface area contributed by atoms with Gasteiger partial charge >= 0.3 is 0 Å². The van der Waals surface area contributed by atoms with E-state index >= 15 is 0 Å². The van der Waals surface area contributed by atoms with Gasteiger partial charge in [0, 0.05) is 11.9 Å². The summed E-state index contributed by atoms with van der Waals surface area (Å²) in [6, 6.07) is 8.50. The number of nitrogens with one attached hydrogen (secondary N) is 1. The molecule has 5 nitrogen and oxygen atoms in total. The van der Waals surface area contributed by atoms with Gasteiger partial charge in [0.1, 0.15) is 0 Å². The lowest BCUT2D eigenvalue weighted by atomic mass is 10.2. The molecule has 106 valence electrons. The minimum absolute atomic E-state index is 0.120. The Bertz CT molecular complexity index is 712. The molecule has 0 aliphatic carbocycles. The van der Waals surface area contributed by atoms with E-state index in [4.69, 9.17) is 17.3 Å². The fourth-order valence-corrected chi connectivity index (χ4v) is 3.33. The van der Waals surface area contributed by atoms with E-state index < -0.39 is 10.0 Å². The number of aryl methyl sites for hydroxylation is 1. The predicted molar refractivity (Wildman–Crippen MR) is 81.1 cm³/mol. The van der Waals surface area contributed by atoms with Crippen molar-refractivity contribution in [2.24, 2.45) is 0 Å². The summed E-state index contributed by atoms with van der Waals surface area (Å²) in [4.78, 5) is 3.86. The number of anilines is 2. The first kappa shape index (κ1) is 14.6. The van der Waals surface area contributed by atoms with E-state index in [0.29, 0.717) is 22.5 Å². The summed E-state index contributed by atoms with van der Waals surface area (Å²) < 4.78 is 26.8. The van der Waals surface area contributed by atoms with E-state index in [9.17, 15) is 8.42 Å². The molecule has 2 aromatic rings. The van der Waals surface area contributed by atoms with Crippen LogP contribution in [0, 0.1) is 6.92 Å². The number of para-hydroxylation sites is 1. The Kier molecular flexibility index (Phi) is 4.15. The van der Waals surface area contributed by atoms with Crippen molar-refractivity contribution in [2.45, 2.75) is 12.7 Å². The molecule has 20 heavy (non-hydrogen) atoms. The third kappa shape index (κ3) is 3.40. The Morgan fingerprint density at radius 2 is 2.00 bits per heavy atom. The molecule has 0 saturated carbocycles. The Morgan fingerprint density at radius 1 is 1.30 bits per heavy atom. The third-order valence-electron chi connectivity index (χ3n) is 2.77. The molecular weight excluding hydrogens is 298 g/mol. The topological polar surface area (TPSA) is 85.1 Å². The van der Waals surface area contributed by atoms with Crippen LogP contribution in [0.15, 0.2) is 36.5 Å². The van der Waals surface area contributed by atoms with Crippen molar-refractivity contribution in [3.63, 3.8) is 0 Å². The Hall–Kier alpha value is -1.79. The smallest absolute Gasteiger partial charge is 0.237 e.